The maximum atomic E-state index is 12.1. The second-order valence-electron chi connectivity index (χ2n) is 4.03. The molecule has 8 heteroatoms. The monoisotopic (exact) mass is 281 g/mol. The molecule has 0 saturated heterocycles. The van der Waals surface area contributed by atoms with Crippen molar-refractivity contribution >= 4 is 10.0 Å². The summed E-state index contributed by atoms with van der Waals surface area (Å²) < 4.78 is 28.3. The van der Waals surface area contributed by atoms with Crippen molar-refractivity contribution in [1.82, 2.24) is 19.5 Å². The van der Waals surface area contributed by atoms with Crippen molar-refractivity contribution in [1.29, 1.82) is 0 Å². The predicted molar refractivity (Wildman–Crippen MR) is 69.4 cm³/mol. The lowest BCUT2D eigenvalue weighted by atomic mass is 10.2. The maximum absolute atomic E-state index is 12.1. The number of nitrogens with one attached hydrogen (secondary N) is 1. The van der Waals surface area contributed by atoms with Crippen LogP contribution in [0.2, 0.25) is 0 Å². The molecule has 0 radical (unpaired) electrons. The summed E-state index contributed by atoms with van der Waals surface area (Å²) in [6.07, 6.45) is 1.51. The minimum atomic E-state index is -3.57. The molecule has 0 saturated carbocycles. The fraction of sp³-hybridized carbons (Fsp3) is 0.273. The Morgan fingerprint density at radius 3 is 2.84 bits per heavy atom. The van der Waals surface area contributed by atoms with Crippen LogP contribution in [0, 0.1) is 0 Å². The van der Waals surface area contributed by atoms with E-state index < -0.39 is 10.0 Å². The number of aryl methyl sites for hydroxylation is 1. The summed E-state index contributed by atoms with van der Waals surface area (Å²) in [4.78, 5) is 0.192. The van der Waals surface area contributed by atoms with Gasteiger partial charge in [0.2, 0.25) is 10.0 Å². The van der Waals surface area contributed by atoms with Crippen molar-refractivity contribution in [3.05, 3.63) is 42.0 Å². The Morgan fingerprint density at radius 2 is 2.21 bits per heavy atom. The zero-order chi connectivity index (χ0) is 13.9. The van der Waals surface area contributed by atoms with E-state index in [9.17, 15) is 8.42 Å². The molecule has 1 aromatic heterocycles. The van der Waals surface area contributed by atoms with Crippen LogP contribution < -0.4 is 10.5 Å². The van der Waals surface area contributed by atoms with Gasteiger partial charge in [-0.25, -0.2) is 13.1 Å². The Bertz CT molecular complexity index is 665. The molecule has 3 N–H and O–H groups in total. The number of hydrogen-bond acceptors (Lipinski definition) is 5. The molecule has 0 aliphatic carbocycles. The highest BCUT2D eigenvalue weighted by atomic mass is 32.2. The quantitative estimate of drug-likeness (QED) is 0.787. The molecule has 0 unspecified atom stereocenters. The zero-order valence-electron chi connectivity index (χ0n) is 10.4. The molecule has 102 valence electrons. The Labute approximate surface area is 111 Å². The van der Waals surface area contributed by atoms with Crippen LogP contribution in [0.3, 0.4) is 0 Å². The maximum Gasteiger partial charge on any atom is 0.240 e. The molecule has 2 aromatic rings. The van der Waals surface area contributed by atoms with Gasteiger partial charge in [0.05, 0.1) is 11.4 Å². The Kier molecular flexibility index (Phi) is 3.93. The first-order chi connectivity index (χ1) is 9.03. The highest BCUT2D eigenvalue weighted by Gasteiger charge is 2.15. The second kappa shape index (κ2) is 5.47. The van der Waals surface area contributed by atoms with E-state index >= 15 is 0 Å². The van der Waals surface area contributed by atoms with E-state index in [0.717, 1.165) is 5.56 Å². The number of benzene rings is 1. The molecule has 0 bridgehead atoms. The number of sulfonamides is 1. The molecule has 0 atom stereocenters. The SMILES string of the molecule is Cn1cnnc1CNS(=O)(=O)c1cccc(CN)c1. The molecular weight excluding hydrogens is 266 g/mol. The van der Waals surface area contributed by atoms with Crippen molar-refractivity contribution in [2.45, 2.75) is 18.0 Å². The van der Waals surface area contributed by atoms with Crippen LogP contribution in [0.15, 0.2) is 35.5 Å². The van der Waals surface area contributed by atoms with Gasteiger partial charge in [-0.2, -0.15) is 0 Å². The van der Waals surface area contributed by atoms with E-state index in [1.165, 1.54) is 12.4 Å². The summed E-state index contributed by atoms with van der Waals surface area (Å²) in [5, 5.41) is 7.50. The molecule has 0 amide bonds. The topological polar surface area (TPSA) is 103 Å². The standard InChI is InChI=1S/C11H15N5O2S/c1-16-8-13-15-11(16)7-14-19(17,18)10-4-2-3-9(5-10)6-12/h2-5,8,14H,6-7,12H2,1H3. The van der Waals surface area contributed by atoms with Gasteiger partial charge in [0, 0.05) is 13.6 Å². The van der Waals surface area contributed by atoms with E-state index in [1.807, 2.05) is 0 Å². The third-order valence-corrected chi connectivity index (χ3v) is 4.07. The van der Waals surface area contributed by atoms with Gasteiger partial charge in [-0.3, -0.25) is 0 Å². The lowest BCUT2D eigenvalue weighted by Gasteiger charge is -2.07. The smallest absolute Gasteiger partial charge is 0.240 e. The summed E-state index contributed by atoms with van der Waals surface area (Å²) in [7, 11) is -1.82. The van der Waals surface area contributed by atoms with Crippen molar-refractivity contribution in [2.24, 2.45) is 12.8 Å². The van der Waals surface area contributed by atoms with Gasteiger partial charge < -0.3 is 10.3 Å². The lowest BCUT2D eigenvalue weighted by Crippen LogP contribution is -2.25. The van der Waals surface area contributed by atoms with Gasteiger partial charge in [-0.05, 0) is 17.7 Å². The van der Waals surface area contributed by atoms with Crippen molar-refractivity contribution in [2.75, 3.05) is 0 Å². The predicted octanol–water partition coefficient (Wildman–Crippen LogP) is -0.248. The van der Waals surface area contributed by atoms with Crippen molar-refractivity contribution in [3.63, 3.8) is 0 Å². The molecular formula is C11H15N5O2S. The molecule has 0 aliphatic heterocycles. The third-order valence-electron chi connectivity index (χ3n) is 2.67. The molecule has 0 spiro atoms. The number of aromatic nitrogens is 3. The number of nitrogens with zero attached hydrogens (tertiary/aromatic N) is 3. The average molecular weight is 281 g/mol. The molecule has 7 nitrogen and oxygen atoms in total. The van der Waals surface area contributed by atoms with Crippen LogP contribution in [0.5, 0.6) is 0 Å². The van der Waals surface area contributed by atoms with Crippen LogP contribution >= 0.6 is 0 Å². The van der Waals surface area contributed by atoms with Gasteiger partial charge in [0.1, 0.15) is 12.2 Å². The molecule has 0 aliphatic rings. The molecule has 0 fully saturated rings. The summed E-state index contributed by atoms with van der Waals surface area (Å²) in [5.74, 6) is 0.540. The normalized spacial score (nSPS) is 11.7. The Hall–Kier alpha value is -1.77. The van der Waals surface area contributed by atoms with Crippen LogP contribution in [0.25, 0.3) is 0 Å². The van der Waals surface area contributed by atoms with Gasteiger partial charge >= 0.3 is 0 Å². The van der Waals surface area contributed by atoms with Crippen LogP contribution in [0.4, 0.5) is 0 Å². The Morgan fingerprint density at radius 1 is 1.42 bits per heavy atom. The summed E-state index contributed by atoms with van der Waals surface area (Å²) in [5.41, 5.74) is 6.26. The molecule has 1 aromatic carbocycles. The van der Waals surface area contributed by atoms with Gasteiger partial charge in [-0.1, -0.05) is 12.1 Å². The fourth-order valence-corrected chi connectivity index (χ4v) is 2.60. The minimum Gasteiger partial charge on any atom is -0.326 e. The number of hydrogen-bond donors (Lipinski definition) is 2. The minimum absolute atomic E-state index is 0.0890. The summed E-state index contributed by atoms with van der Waals surface area (Å²) >= 11 is 0. The van der Waals surface area contributed by atoms with Crippen LogP contribution in [-0.4, -0.2) is 23.2 Å². The van der Waals surface area contributed by atoms with Gasteiger partial charge in [0.25, 0.3) is 0 Å². The number of nitrogens with two attached hydrogens (primary N) is 1. The second-order valence-corrected chi connectivity index (χ2v) is 5.80. The highest BCUT2D eigenvalue weighted by molar-refractivity contribution is 7.89. The van der Waals surface area contributed by atoms with Gasteiger partial charge in [0.15, 0.2) is 0 Å². The molecule has 1 heterocycles. The van der Waals surface area contributed by atoms with Gasteiger partial charge in [-0.15, -0.1) is 10.2 Å². The molecule has 19 heavy (non-hydrogen) atoms. The average Bonchev–Trinajstić information content (AvgIpc) is 2.82. The van der Waals surface area contributed by atoms with Crippen LogP contribution in [0.1, 0.15) is 11.4 Å². The van der Waals surface area contributed by atoms with E-state index in [4.69, 9.17) is 5.73 Å². The zero-order valence-corrected chi connectivity index (χ0v) is 11.3. The van der Waals surface area contributed by atoms with E-state index in [0.29, 0.717) is 12.4 Å². The largest absolute Gasteiger partial charge is 0.326 e. The first-order valence-electron chi connectivity index (χ1n) is 5.64. The third kappa shape index (κ3) is 3.16. The van der Waals surface area contributed by atoms with Crippen molar-refractivity contribution in [3.8, 4) is 0 Å². The van der Waals surface area contributed by atoms with Crippen molar-refractivity contribution < 1.29 is 8.42 Å². The number of rotatable bonds is 5. The van der Waals surface area contributed by atoms with E-state index in [2.05, 4.69) is 14.9 Å². The Balaban J connectivity index is 2.16. The lowest BCUT2D eigenvalue weighted by molar-refractivity contribution is 0.577. The van der Waals surface area contributed by atoms with E-state index in [-0.39, 0.29) is 11.4 Å². The first kappa shape index (κ1) is 13.7. The van der Waals surface area contributed by atoms with E-state index in [1.54, 1.807) is 29.8 Å². The van der Waals surface area contributed by atoms with Crippen LogP contribution in [-0.2, 0) is 30.2 Å². The summed E-state index contributed by atoms with van der Waals surface area (Å²) in [6, 6.07) is 6.53. The fourth-order valence-electron chi connectivity index (χ4n) is 1.55. The first-order valence-corrected chi connectivity index (χ1v) is 7.13. The highest BCUT2D eigenvalue weighted by Crippen LogP contribution is 2.11. The summed E-state index contributed by atoms with van der Waals surface area (Å²) in [6.45, 7) is 0.387. The molecule has 2 rings (SSSR count).